The van der Waals surface area contributed by atoms with Crippen molar-refractivity contribution in [2.45, 2.75) is 18.9 Å². The first-order chi connectivity index (χ1) is 8.99. The second kappa shape index (κ2) is 6.54. The maximum atomic E-state index is 12.6. The van der Waals surface area contributed by atoms with Gasteiger partial charge in [0.2, 0.25) is 0 Å². The molecule has 0 N–H and O–H groups in total. The third-order valence-electron chi connectivity index (χ3n) is 3.57. The molecular formula is C14H18BrIN2O. The highest BCUT2D eigenvalue weighted by Gasteiger charge is 2.26. The minimum Gasteiger partial charge on any atom is -0.337 e. The van der Waals surface area contributed by atoms with Crippen molar-refractivity contribution >= 4 is 44.4 Å². The van der Waals surface area contributed by atoms with E-state index in [0.717, 1.165) is 33.1 Å². The van der Waals surface area contributed by atoms with E-state index in [-0.39, 0.29) is 5.91 Å². The van der Waals surface area contributed by atoms with E-state index < -0.39 is 0 Å². The number of carbonyl (C=O) groups is 1. The fourth-order valence-corrected chi connectivity index (χ4v) is 3.32. The number of hydrogen-bond donors (Lipinski definition) is 0. The summed E-state index contributed by atoms with van der Waals surface area (Å²) in [6.07, 6.45) is 2.26. The average molecular weight is 437 g/mol. The van der Waals surface area contributed by atoms with Gasteiger partial charge >= 0.3 is 0 Å². The van der Waals surface area contributed by atoms with E-state index in [9.17, 15) is 4.79 Å². The Kier molecular flexibility index (Phi) is 5.25. The molecule has 2 rings (SSSR count). The molecule has 0 aromatic heterocycles. The zero-order chi connectivity index (χ0) is 14.0. The van der Waals surface area contributed by atoms with Crippen LogP contribution in [-0.2, 0) is 0 Å². The lowest BCUT2D eigenvalue weighted by atomic mass is 10.0. The Bertz CT molecular complexity index is 479. The molecule has 1 aromatic carbocycles. The van der Waals surface area contributed by atoms with Gasteiger partial charge < -0.3 is 9.80 Å². The maximum Gasteiger partial charge on any atom is 0.255 e. The molecule has 1 aliphatic heterocycles. The van der Waals surface area contributed by atoms with E-state index in [0.29, 0.717) is 6.04 Å². The van der Waals surface area contributed by atoms with Crippen LogP contribution in [0.3, 0.4) is 0 Å². The lowest BCUT2D eigenvalue weighted by Crippen LogP contribution is -2.47. The molecule has 3 nitrogen and oxygen atoms in total. The predicted octanol–water partition coefficient (Wildman–Crippen LogP) is 3.22. The number of hydrogen-bond acceptors (Lipinski definition) is 2. The van der Waals surface area contributed by atoms with Gasteiger partial charge in [0, 0.05) is 27.2 Å². The van der Waals surface area contributed by atoms with Gasteiger partial charge in [0.15, 0.2) is 0 Å². The number of halogens is 2. The summed E-state index contributed by atoms with van der Waals surface area (Å²) in [6.45, 7) is 1.69. The average Bonchev–Trinajstić information content (AvgIpc) is 2.41. The minimum atomic E-state index is 0.150. The van der Waals surface area contributed by atoms with Crippen molar-refractivity contribution in [1.82, 2.24) is 9.80 Å². The van der Waals surface area contributed by atoms with Crippen LogP contribution in [0.5, 0.6) is 0 Å². The van der Waals surface area contributed by atoms with E-state index in [1.54, 1.807) is 0 Å². The summed E-state index contributed by atoms with van der Waals surface area (Å²) in [7, 11) is 4.17. The first kappa shape index (κ1) is 15.3. The van der Waals surface area contributed by atoms with Gasteiger partial charge in [-0.15, -0.1) is 0 Å². The van der Waals surface area contributed by atoms with Gasteiger partial charge in [-0.3, -0.25) is 4.79 Å². The smallest absolute Gasteiger partial charge is 0.255 e. The first-order valence-corrected chi connectivity index (χ1v) is 8.27. The Morgan fingerprint density at radius 2 is 2.21 bits per heavy atom. The number of benzene rings is 1. The summed E-state index contributed by atoms with van der Waals surface area (Å²) in [5.74, 6) is 0.150. The Balaban J connectivity index is 2.17. The van der Waals surface area contributed by atoms with Crippen molar-refractivity contribution in [3.05, 3.63) is 31.8 Å². The molecule has 19 heavy (non-hydrogen) atoms. The van der Waals surface area contributed by atoms with Crippen molar-refractivity contribution in [1.29, 1.82) is 0 Å². The van der Waals surface area contributed by atoms with Gasteiger partial charge in [-0.1, -0.05) is 15.9 Å². The van der Waals surface area contributed by atoms with Crippen molar-refractivity contribution in [2.75, 3.05) is 27.2 Å². The summed E-state index contributed by atoms with van der Waals surface area (Å²) in [5.41, 5.74) is 0.800. The molecule has 1 aromatic rings. The summed E-state index contributed by atoms with van der Waals surface area (Å²) < 4.78 is 1.97. The van der Waals surface area contributed by atoms with E-state index in [4.69, 9.17) is 0 Å². The molecule has 1 fully saturated rings. The Labute approximate surface area is 136 Å². The van der Waals surface area contributed by atoms with Crippen LogP contribution in [0.4, 0.5) is 0 Å². The number of likely N-dealkylation sites (N-methyl/N-ethyl adjacent to an activating group) is 1. The van der Waals surface area contributed by atoms with E-state index in [1.165, 1.54) is 6.42 Å². The monoisotopic (exact) mass is 436 g/mol. The quantitative estimate of drug-likeness (QED) is 0.664. The molecule has 1 unspecified atom stereocenters. The summed E-state index contributed by atoms with van der Waals surface area (Å²) in [4.78, 5) is 16.8. The van der Waals surface area contributed by atoms with Crippen molar-refractivity contribution < 1.29 is 4.79 Å². The van der Waals surface area contributed by atoms with Crippen molar-refractivity contribution in [2.24, 2.45) is 0 Å². The second-order valence-corrected chi connectivity index (χ2v) is 7.21. The van der Waals surface area contributed by atoms with Crippen LogP contribution in [0.15, 0.2) is 22.7 Å². The maximum absolute atomic E-state index is 12.6. The molecule has 0 radical (unpaired) electrons. The zero-order valence-electron chi connectivity index (χ0n) is 11.2. The van der Waals surface area contributed by atoms with E-state index >= 15 is 0 Å². The number of rotatable bonds is 2. The number of piperidine rings is 1. The van der Waals surface area contributed by atoms with Crippen LogP contribution in [0.25, 0.3) is 0 Å². The van der Waals surface area contributed by atoms with Gasteiger partial charge in [0.1, 0.15) is 0 Å². The van der Waals surface area contributed by atoms with Gasteiger partial charge in [-0.25, -0.2) is 0 Å². The highest BCUT2D eigenvalue weighted by molar-refractivity contribution is 14.1. The molecule has 1 atom stereocenters. The molecule has 1 amide bonds. The summed E-state index contributed by atoms with van der Waals surface area (Å²) in [5, 5.41) is 0. The molecule has 104 valence electrons. The summed E-state index contributed by atoms with van der Waals surface area (Å²) >= 11 is 5.67. The van der Waals surface area contributed by atoms with Crippen LogP contribution < -0.4 is 0 Å². The Morgan fingerprint density at radius 3 is 2.89 bits per heavy atom. The first-order valence-electron chi connectivity index (χ1n) is 6.40. The normalized spacial score (nSPS) is 19.8. The fourth-order valence-electron chi connectivity index (χ4n) is 2.39. The number of amides is 1. The molecule has 0 aliphatic carbocycles. The summed E-state index contributed by atoms with van der Waals surface area (Å²) in [6, 6.07) is 6.34. The number of carbonyl (C=O) groups excluding carboxylic acids is 1. The van der Waals surface area contributed by atoms with E-state index in [1.807, 2.05) is 23.1 Å². The van der Waals surface area contributed by atoms with Crippen LogP contribution in [0.2, 0.25) is 0 Å². The molecule has 5 heteroatoms. The SMILES string of the molecule is CN(C)C1CCCN(C(=O)c2cc(Br)ccc2I)C1. The van der Waals surface area contributed by atoms with E-state index in [2.05, 4.69) is 57.5 Å². The zero-order valence-corrected chi connectivity index (χ0v) is 14.9. The lowest BCUT2D eigenvalue weighted by Gasteiger charge is -2.36. The number of likely N-dealkylation sites (tertiary alicyclic amines) is 1. The molecule has 1 saturated heterocycles. The van der Waals surface area contributed by atoms with Crippen molar-refractivity contribution in [3.8, 4) is 0 Å². The topological polar surface area (TPSA) is 23.6 Å². The minimum absolute atomic E-state index is 0.150. The Hall–Kier alpha value is -0.140. The molecule has 1 heterocycles. The van der Waals surface area contributed by atoms with Gasteiger partial charge in [0.05, 0.1) is 5.56 Å². The van der Waals surface area contributed by atoms with Gasteiger partial charge in [-0.2, -0.15) is 0 Å². The predicted molar refractivity (Wildman–Crippen MR) is 89.5 cm³/mol. The Morgan fingerprint density at radius 1 is 1.47 bits per heavy atom. The second-order valence-electron chi connectivity index (χ2n) is 5.13. The highest BCUT2D eigenvalue weighted by Crippen LogP contribution is 2.22. The number of nitrogens with zero attached hydrogens (tertiary/aromatic N) is 2. The molecule has 0 bridgehead atoms. The fraction of sp³-hybridized carbons (Fsp3) is 0.500. The van der Waals surface area contributed by atoms with Crippen molar-refractivity contribution in [3.63, 3.8) is 0 Å². The molecular weight excluding hydrogens is 419 g/mol. The standard InChI is InChI=1S/C14H18BrIN2O/c1-17(2)11-4-3-7-18(9-11)14(19)12-8-10(15)5-6-13(12)16/h5-6,8,11H,3-4,7,9H2,1-2H3. The van der Waals surface area contributed by atoms with Crippen LogP contribution in [0.1, 0.15) is 23.2 Å². The van der Waals surface area contributed by atoms with Gasteiger partial charge in [-0.05, 0) is 67.7 Å². The lowest BCUT2D eigenvalue weighted by molar-refractivity contribution is 0.0634. The van der Waals surface area contributed by atoms with Crippen LogP contribution in [-0.4, -0.2) is 48.9 Å². The van der Waals surface area contributed by atoms with Crippen LogP contribution in [0, 0.1) is 3.57 Å². The third-order valence-corrected chi connectivity index (χ3v) is 5.01. The highest BCUT2D eigenvalue weighted by atomic mass is 127. The molecule has 1 aliphatic rings. The molecule has 0 spiro atoms. The van der Waals surface area contributed by atoms with Gasteiger partial charge in [0.25, 0.3) is 5.91 Å². The molecule has 0 saturated carbocycles. The van der Waals surface area contributed by atoms with Crippen LogP contribution >= 0.6 is 38.5 Å². The largest absolute Gasteiger partial charge is 0.337 e. The third kappa shape index (κ3) is 3.70.